The molecule has 0 aliphatic rings. The normalized spacial score (nSPS) is 11.6. The SMILES string of the molecule is COc1ccc(-c2cccc3c4cc(OC)cc(OC)c4cc(-c4ccccc4)[n+]23)cc1.O=S(=O)([O-])C(F)(F)F. The molecule has 5 rings (SSSR count). The minimum Gasteiger partial charge on any atom is -0.741 e. The number of halogens is 3. The molecule has 5 aromatic rings. The zero-order chi connectivity index (χ0) is 29.1. The quantitative estimate of drug-likeness (QED) is 0.111. The lowest BCUT2D eigenvalue weighted by Crippen LogP contribution is -2.28. The van der Waals surface area contributed by atoms with Crippen LogP contribution in [0.5, 0.6) is 17.2 Å². The predicted molar refractivity (Wildman–Crippen MR) is 143 cm³/mol. The number of pyridine rings is 2. The first kappa shape index (κ1) is 28.7. The highest BCUT2D eigenvalue weighted by molar-refractivity contribution is 7.86. The van der Waals surface area contributed by atoms with Gasteiger partial charge in [0.1, 0.15) is 17.2 Å². The van der Waals surface area contributed by atoms with E-state index in [0.29, 0.717) is 0 Å². The Hall–Kier alpha value is -4.35. The van der Waals surface area contributed by atoms with Crippen molar-refractivity contribution < 1.29 is 44.8 Å². The van der Waals surface area contributed by atoms with Crippen LogP contribution in [0.2, 0.25) is 0 Å². The molecule has 0 amide bonds. The highest BCUT2D eigenvalue weighted by atomic mass is 32.2. The molecule has 11 heteroatoms. The number of rotatable bonds is 5. The van der Waals surface area contributed by atoms with E-state index in [2.05, 4.69) is 71.1 Å². The molecule has 3 aromatic carbocycles. The molecular weight excluding hydrogens is 547 g/mol. The number of ether oxygens (including phenoxy) is 3. The minimum absolute atomic E-state index is 0.763. The van der Waals surface area contributed by atoms with E-state index >= 15 is 0 Å². The molecular formula is C29H24F3NO6S. The van der Waals surface area contributed by atoms with Gasteiger partial charge in [-0.3, -0.25) is 0 Å². The van der Waals surface area contributed by atoms with E-state index in [0.717, 1.165) is 56.1 Å². The fourth-order valence-corrected chi connectivity index (χ4v) is 4.24. The number of hydrogen-bond acceptors (Lipinski definition) is 6. The summed E-state index contributed by atoms with van der Waals surface area (Å²) in [5.74, 6) is 2.38. The van der Waals surface area contributed by atoms with E-state index < -0.39 is 15.6 Å². The Labute approximate surface area is 228 Å². The molecule has 0 radical (unpaired) electrons. The molecule has 0 saturated carbocycles. The molecule has 0 aliphatic heterocycles. The van der Waals surface area contributed by atoms with E-state index in [-0.39, 0.29) is 0 Å². The van der Waals surface area contributed by atoms with Gasteiger partial charge in [-0.25, -0.2) is 8.42 Å². The Morgan fingerprint density at radius 2 is 1.27 bits per heavy atom. The Kier molecular flexibility index (Phi) is 8.17. The molecule has 40 heavy (non-hydrogen) atoms. The lowest BCUT2D eigenvalue weighted by atomic mass is 10.0. The van der Waals surface area contributed by atoms with Gasteiger partial charge in [0.2, 0.25) is 16.9 Å². The van der Waals surface area contributed by atoms with Crippen molar-refractivity contribution in [2.75, 3.05) is 21.3 Å². The van der Waals surface area contributed by atoms with Gasteiger partial charge in [-0.2, -0.15) is 17.6 Å². The van der Waals surface area contributed by atoms with Crippen molar-refractivity contribution in [1.82, 2.24) is 0 Å². The molecule has 0 fully saturated rings. The van der Waals surface area contributed by atoms with E-state index in [1.165, 1.54) is 0 Å². The summed E-state index contributed by atoms with van der Waals surface area (Å²) in [6.45, 7) is 0. The lowest BCUT2D eigenvalue weighted by molar-refractivity contribution is -0.485. The van der Waals surface area contributed by atoms with Crippen LogP contribution in [0.3, 0.4) is 0 Å². The van der Waals surface area contributed by atoms with Crippen molar-refractivity contribution in [3.63, 3.8) is 0 Å². The molecule has 0 bridgehead atoms. The van der Waals surface area contributed by atoms with Crippen molar-refractivity contribution in [3.05, 3.63) is 91.0 Å². The van der Waals surface area contributed by atoms with Crippen LogP contribution in [0.25, 0.3) is 38.8 Å². The Morgan fingerprint density at radius 1 is 0.675 bits per heavy atom. The maximum atomic E-state index is 10.7. The highest BCUT2D eigenvalue weighted by Crippen LogP contribution is 2.36. The Bertz CT molecular complexity index is 1760. The average molecular weight is 572 g/mol. The van der Waals surface area contributed by atoms with E-state index in [1.54, 1.807) is 21.3 Å². The number of hydrogen-bond donors (Lipinski definition) is 0. The predicted octanol–water partition coefficient (Wildman–Crippen LogP) is 5.99. The van der Waals surface area contributed by atoms with Gasteiger partial charge in [0.15, 0.2) is 10.1 Å². The third-order valence-corrected chi connectivity index (χ3v) is 6.66. The smallest absolute Gasteiger partial charge is 0.485 e. The molecule has 2 aromatic heterocycles. The van der Waals surface area contributed by atoms with Crippen LogP contribution in [0.15, 0.2) is 91.0 Å². The third kappa shape index (κ3) is 5.80. The number of benzene rings is 3. The molecule has 0 unspecified atom stereocenters. The molecule has 0 saturated heterocycles. The van der Waals surface area contributed by atoms with E-state index in [1.807, 2.05) is 24.3 Å². The minimum atomic E-state index is -6.09. The number of methoxy groups -OCH3 is 3. The second-order valence-corrected chi connectivity index (χ2v) is 9.82. The van der Waals surface area contributed by atoms with Gasteiger partial charge in [0.05, 0.1) is 26.7 Å². The van der Waals surface area contributed by atoms with Crippen LogP contribution < -0.4 is 18.6 Å². The fraction of sp³-hybridized carbons (Fsp3) is 0.138. The van der Waals surface area contributed by atoms with Crippen molar-refractivity contribution in [2.24, 2.45) is 0 Å². The topological polar surface area (TPSA) is 89.0 Å². The Morgan fingerprint density at radius 3 is 1.82 bits per heavy atom. The van der Waals surface area contributed by atoms with Crippen molar-refractivity contribution in [3.8, 4) is 39.8 Å². The van der Waals surface area contributed by atoms with Crippen molar-refractivity contribution in [2.45, 2.75) is 5.51 Å². The standard InChI is InChI=1S/C28H24NO3.CHF3O3S/c1-30-21-14-12-20(13-15-21)25-10-7-11-26-23-16-22(31-2)17-28(32-3)24(23)18-27(29(25)26)19-8-5-4-6-9-19;2-1(3,4)8(5,6)7/h4-18H,1-3H3;(H,5,6,7)/q+1;/p-1. The second-order valence-electron chi connectivity index (χ2n) is 8.45. The fourth-order valence-electron chi connectivity index (χ4n) is 4.24. The van der Waals surface area contributed by atoms with Crippen molar-refractivity contribution >= 4 is 26.4 Å². The first-order chi connectivity index (χ1) is 19.0. The molecule has 2 heterocycles. The summed E-state index contributed by atoms with van der Waals surface area (Å²) in [6.07, 6.45) is 0. The summed E-state index contributed by atoms with van der Waals surface area (Å²) >= 11 is 0. The van der Waals surface area contributed by atoms with Gasteiger partial charge < -0.3 is 18.8 Å². The third-order valence-electron chi connectivity index (χ3n) is 6.10. The van der Waals surface area contributed by atoms with Crippen LogP contribution in [-0.2, 0) is 10.1 Å². The van der Waals surface area contributed by atoms with Gasteiger partial charge in [-0.05, 0) is 48.5 Å². The first-order valence-electron chi connectivity index (χ1n) is 11.7. The average Bonchev–Trinajstić information content (AvgIpc) is 2.95. The monoisotopic (exact) mass is 571 g/mol. The zero-order valence-corrected chi connectivity index (χ0v) is 22.4. The summed E-state index contributed by atoms with van der Waals surface area (Å²) in [7, 11) is -1.03. The second kappa shape index (κ2) is 11.4. The number of aromatic nitrogens is 1. The van der Waals surface area contributed by atoms with Gasteiger partial charge in [0, 0.05) is 40.8 Å². The van der Waals surface area contributed by atoms with Gasteiger partial charge in [-0.1, -0.05) is 18.2 Å². The van der Waals surface area contributed by atoms with Crippen molar-refractivity contribution in [1.29, 1.82) is 0 Å². The van der Waals surface area contributed by atoms with E-state index in [4.69, 9.17) is 27.2 Å². The number of nitrogens with zero attached hydrogens (tertiary/aromatic N) is 1. The summed E-state index contributed by atoms with van der Waals surface area (Å²) < 4.78 is 77.9. The van der Waals surface area contributed by atoms with E-state index in [9.17, 15) is 13.2 Å². The van der Waals surface area contributed by atoms with Gasteiger partial charge in [-0.15, -0.1) is 0 Å². The largest absolute Gasteiger partial charge is 0.741 e. The number of fused-ring (bicyclic) bond motifs is 3. The lowest BCUT2D eigenvalue weighted by Gasteiger charge is -2.12. The Balaban J connectivity index is 0.000000406. The summed E-state index contributed by atoms with van der Waals surface area (Å²) in [6, 6.07) is 31.2. The molecule has 0 atom stereocenters. The summed E-state index contributed by atoms with van der Waals surface area (Å²) in [5.41, 5.74) is -0.161. The number of alkyl halides is 3. The molecule has 7 nitrogen and oxygen atoms in total. The van der Waals surface area contributed by atoms with Gasteiger partial charge >= 0.3 is 5.51 Å². The van der Waals surface area contributed by atoms with Crippen LogP contribution in [0, 0.1) is 0 Å². The summed E-state index contributed by atoms with van der Waals surface area (Å²) in [4.78, 5) is 0. The van der Waals surface area contributed by atoms with Gasteiger partial charge in [0.25, 0.3) is 0 Å². The van der Waals surface area contributed by atoms with Crippen LogP contribution in [-0.4, -0.2) is 39.8 Å². The molecule has 208 valence electrons. The maximum absolute atomic E-state index is 10.7. The maximum Gasteiger partial charge on any atom is 0.485 e. The highest BCUT2D eigenvalue weighted by Gasteiger charge is 2.37. The molecule has 0 spiro atoms. The summed E-state index contributed by atoms with van der Waals surface area (Å²) in [5, 5.41) is 2.11. The van der Waals surface area contributed by atoms with Crippen LogP contribution in [0.4, 0.5) is 13.2 Å². The van der Waals surface area contributed by atoms with Crippen LogP contribution in [0.1, 0.15) is 0 Å². The first-order valence-corrected chi connectivity index (χ1v) is 13.1. The van der Waals surface area contributed by atoms with Crippen LogP contribution >= 0.6 is 0 Å². The molecule has 0 aliphatic carbocycles. The molecule has 0 N–H and O–H groups in total. The zero-order valence-electron chi connectivity index (χ0n) is 21.6.